The molecule has 0 bridgehead atoms. The Morgan fingerprint density at radius 3 is 2.83 bits per heavy atom. The minimum Gasteiger partial charge on any atom is -0.444 e. The summed E-state index contributed by atoms with van der Waals surface area (Å²) in [5.74, 6) is 0.577. The van der Waals surface area contributed by atoms with Gasteiger partial charge in [0.2, 0.25) is 11.7 Å². The van der Waals surface area contributed by atoms with Crippen molar-refractivity contribution in [2.75, 3.05) is 18.4 Å². The van der Waals surface area contributed by atoms with Crippen LogP contribution in [0.5, 0.6) is 0 Å². The number of likely N-dealkylation sites (tertiary alicyclic amines) is 1. The normalized spacial score (nSPS) is 15.9. The van der Waals surface area contributed by atoms with E-state index >= 15 is 0 Å². The maximum absolute atomic E-state index is 13.0. The van der Waals surface area contributed by atoms with Crippen molar-refractivity contribution in [3.05, 3.63) is 65.9 Å². The van der Waals surface area contributed by atoms with Crippen molar-refractivity contribution < 1.29 is 18.8 Å². The maximum atomic E-state index is 13.0. The molecule has 1 saturated heterocycles. The smallest absolute Gasteiger partial charge is 0.410 e. The zero-order valence-corrected chi connectivity index (χ0v) is 20.7. The number of carbonyl (C=O) groups is 2. The number of anilines is 1. The third-order valence-corrected chi connectivity index (χ3v) is 6.02. The average molecular weight is 489 g/mol. The summed E-state index contributed by atoms with van der Waals surface area (Å²) in [6.45, 7) is 8.49. The lowest BCUT2D eigenvalue weighted by Crippen LogP contribution is -2.35. The van der Waals surface area contributed by atoms with Crippen LogP contribution in [-0.4, -0.2) is 55.1 Å². The SMILES string of the molecule is Cc1ccc(-c2noc(C3CCN(C(=O)OC(C)(C)C)C3)n2)cc1NC(=O)c1cnc2ccccn12. The number of nitrogens with one attached hydrogen (secondary N) is 1. The number of benzene rings is 1. The minimum absolute atomic E-state index is 0.0569. The monoisotopic (exact) mass is 488 g/mol. The van der Waals surface area contributed by atoms with E-state index in [1.807, 2.05) is 64.1 Å². The quantitative estimate of drug-likeness (QED) is 0.444. The zero-order chi connectivity index (χ0) is 25.4. The van der Waals surface area contributed by atoms with Crippen molar-refractivity contribution in [1.82, 2.24) is 24.4 Å². The van der Waals surface area contributed by atoms with Gasteiger partial charge in [-0.1, -0.05) is 23.4 Å². The van der Waals surface area contributed by atoms with E-state index in [1.54, 1.807) is 21.7 Å². The van der Waals surface area contributed by atoms with E-state index in [0.717, 1.165) is 12.0 Å². The molecule has 0 radical (unpaired) electrons. The summed E-state index contributed by atoms with van der Waals surface area (Å²) in [5.41, 5.74) is 2.85. The van der Waals surface area contributed by atoms with Gasteiger partial charge in [0.25, 0.3) is 5.91 Å². The van der Waals surface area contributed by atoms with Gasteiger partial charge in [-0.25, -0.2) is 9.78 Å². The fourth-order valence-corrected chi connectivity index (χ4v) is 4.16. The molecule has 5 rings (SSSR count). The Morgan fingerprint density at radius 1 is 1.19 bits per heavy atom. The van der Waals surface area contributed by atoms with Crippen LogP contribution in [-0.2, 0) is 4.74 Å². The Labute approximate surface area is 208 Å². The highest BCUT2D eigenvalue weighted by molar-refractivity contribution is 6.04. The number of carbonyl (C=O) groups excluding carboxylic acids is 2. The molecule has 1 unspecified atom stereocenters. The van der Waals surface area contributed by atoms with E-state index in [0.29, 0.717) is 47.4 Å². The highest BCUT2D eigenvalue weighted by Crippen LogP contribution is 2.30. The van der Waals surface area contributed by atoms with Crippen LogP contribution < -0.4 is 5.32 Å². The first-order valence-corrected chi connectivity index (χ1v) is 11.8. The molecule has 1 aliphatic heterocycles. The molecule has 4 heterocycles. The van der Waals surface area contributed by atoms with E-state index < -0.39 is 5.60 Å². The van der Waals surface area contributed by atoms with Crippen molar-refractivity contribution in [2.45, 2.75) is 45.6 Å². The van der Waals surface area contributed by atoms with Gasteiger partial charge < -0.3 is 19.5 Å². The molecule has 0 aliphatic carbocycles. The van der Waals surface area contributed by atoms with Gasteiger partial charge in [-0.2, -0.15) is 4.98 Å². The molecule has 1 N–H and O–H groups in total. The molecule has 186 valence electrons. The lowest BCUT2D eigenvalue weighted by molar-refractivity contribution is 0.0291. The molecule has 1 aromatic carbocycles. The van der Waals surface area contributed by atoms with Gasteiger partial charge >= 0.3 is 6.09 Å². The van der Waals surface area contributed by atoms with Crippen LogP contribution in [0.3, 0.4) is 0 Å². The van der Waals surface area contributed by atoms with E-state index in [4.69, 9.17) is 9.26 Å². The number of aromatic nitrogens is 4. The summed E-state index contributed by atoms with van der Waals surface area (Å²) < 4.78 is 12.8. The van der Waals surface area contributed by atoms with Gasteiger partial charge in [-0.15, -0.1) is 0 Å². The number of fused-ring (bicyclic) bond motifs is 1. The third kappa shape index (κ3) is 4.79. The van der Waals surface area contributed by atoms with Crippen molar-refractivity contribution in [3.8, 4) is 11.4 Å². The molecule has 4 aromatic rings. The van der Waals surface area contributed by atoms with Crippen LogP contribution >= 0.6 is 0 Å². The fraction of sp³-hybridized carbons (Fsp3) is 0.346. The van der Waals surface area contributed by atoms with Gasteiger partial charge in [-0.3, -0.25) is 9.20 Å². The number of nitrogens with zero attached hydrogens (tertiary/aromatic N) is 5. The molecule has 36 heavy (non-hydrogen) atoms. The Hall–Kier alpha value is -4.21. The molecule has 1 atom stereocenters. The largest absolute Gasteiger partial charge is 0.444 e. The second-order valence-electron chi connectivity index (χ2n) is 9.92. The summed E-state index contributed by atoms with van der Waals surface area (Å²) in [7, 11) is 0. The molecule has 0 saturated carbocycles. The first-order chi connectivity index (χ1) is 17.2. The predicted molar refractivity (Wildman–Crippen MR) is 133 cm³/mol. The molecule has 3 aromatic heterocycles. The predicted octanol–water partition coefficient (Wildman–Crippen LogP) is 4.67. The average Bonchev–Trinajstić information content (AvgIpc) is 3.58. The van der Waals surface area contributed by atoms with Crippen LogP contribution in [0.25, 0.3) is 17.0 Å². The second kappa shape index (κ2) is 9.10. The number of hydrogen-bond acceptors (Lipinski definition) is 7. The van der Waals surface area contributed by atoms with Crippen molar-refractivity contribution in [3.63, 3.8) is 0 Å². The van der Waals surface area contributed by atoms with Crippen molar-refractivity contribution >= 4 is 23.3 Å². The van der Waals surface area contributed by atoms with Gasteiger partial charge in [-0.05, 0) is 57.9 Å². The van der Waals surface area contributed by atoms with Gasteiger partial charge in [0.05, 0.1) is 12.1 Å². The van der Waals surface area contributed by atoms with E-state index in [1.165, 1.54) is 0 Å². The van der Waals surface area contributed by atoms with Crippen LogP contribution in [0.4, 0.5) is 10.5 Å². The Balaban J connectivity index is 1.30. The molecule has 2 amide bonds. The number of imidazole rings is 1. The van der Waals surface area contributed by atoms with E-state index in [2.05, 4.69) is 20.4 Å². The number of amides is 2. The first-order valence-electron chi connectivity index (χ1n) is 11.8. The fourth-order valence-electron chi connectivity index (χ4n) is 4.16. The minimum atomic E-state index is -0.545. The van der Waals surface area contributed by atoms with E-state index in [-0.39, 0.29) is 17.9 Å². The zero-order valence-electron chi connectivity index (χ0n) is 20.7. The molecule has 1 aliphatic rings. The molecular weight excluding hydrogens is 460 g/mol. The number of aryl methyl sites for hydroxylation is 1. The number of rotatable bonds is 4. The standard InChI is InChI=1S/C26H28N6O4/c1-16-8-9-17(13-19(16)28-23(33)20-14-27-21-7-5-6-11-32(20)21)22-29-24(36-30-22)18-10-12-31(15-18)25(34)35-26(2,3)4/h5-9,11,13-14,18H,10,12,15H2,1-4H3,(H,28,33). The number of ether oxygens (including phenoxy) is 1. The Morgan fingerprint density at radius 2 is 2.03 bits per heavy atom. The summed E-state index contributed by atoms with van der Waals surface area (Å²) in [4.78, 5) is 35.9. The van der Waals surface area contributed by atoms with Crippen LogP contribution in [0, 0.1) is 6.92 Å². The second-order valence-corrected chi connectivity index (χ2v) is 9.92. The number of pyridine rings is 1. The van der Waals surface area contributed by atoms with Gasteiger partial charge in [0.15, 0.2) is 0 Å². The number of hydrogen-bond donors (Lipinski definition) is 1. The highest BCUT2D eigenvalue weighted by Gasteiger charge is 2.33. The first kappa shape index (κ1) is 23.5. The lowest BCUT2D eigenvalue weighted by Gasteiger charge is -2.24. The summed E-state index contributed by atoms with van der Waals surface area (Å²) >= 11 is 0. The maximum Gasteiger partial charge on any atom is 0.410 e. The molecule has 10 nitrogen and oxygen atoms in total. The summed E-state index contributed by atoms with van der Waals surface area (Å²) in [6.07, 6.45) is 3.73. The third-order valence-electron chi connectivity index (χ3n) is 6.02. The molecule has 10 heteroatoms. The van der Waals surface area contributed by atoms with Gasteiger partial charge in [0, 0.05) is 30.5 Å². The Kier molecular flexibility index (Phi) is 5.95. The molecule has 0 spiro atoms. The highest BCUT2D eigenvalue weighted by atomic mass is 16.6. The van der Waals surface area contributed by atoms with Gasteiger partial charge in [0.1, 0.15) is 16.9 Å². The molecule has 1 fully saturated rings. The van der Waals surface area contributed by atoms with Crippen LogP contribution in [0.15, 0.2) is 53.3 Å². The Bertz CT molecular complexity index is 1430. The van der Waals surface area contributed by atoms with E-state index in [9.17, 15) is 9.59 Å². The lowest BCUT2D eigenvalue weighted by atomic mass is 10.1. The summed E-state index contributed by atoms with van der Waals surface area (Å²) in [5, 5.41) is 7.12. The molecular formula is C26H28N6O4. The van der Waals surface area contributed by atoms with Crippen molar-refractivity contribution in [1.29, 1.82) is 0 Å². The summed E-state index contributed by atoms with van der Waals surface area (Å²) in [6, 6.07) is 11.2. The van der Waals surface area contributed by atoms with Crippen LogP contribution in [0.2, 0.25) is 0 Å². The van der Waals surface area contributed by atoms with Crippen molar-refractivity contribution in [2.24, 2.45) is 0 Å². The topological polar surface area (TPSA) is 115 Å². The van der Waals surface area contributed by atoms with Crippen LogP contribution in [0.1, 0.15) is 55.1 Å².